The summed E-state index contributed by atoms with van der Waals surface area (Å²) in [6, 6.07) is 9.18. The van der Waals surface area contributed by atoms with Gasteiger partial charge in [0.2, 0.25) is 0 Å². The molecule has 0 unspecified atom stereocenters. The van der Waals surface area contributed by atoms with Gasteiger partial charge in [-0.1, -0.05) is 6.07 Å². The number of carbonyl (C=O) groups excluding carboxylic acids is 1. The van der Waals surface area contributed by atoms with Crippen LogP contribution in [-0.2, 0) is 4.79 Å². The quantitative estimate of drug-likeness (QED) is 0.742. The smallest absolute Gasteiger partial charge is 0.266 e. The van der Waals surface area contributed by atoms with E-state index < -0.39 is 0 Å². The number of nitrogens with zero attached hydrogens (tertiary/aromatic N) is 3. The van der Waals surface area contributed by atoms with Gasteiger partial charge in [0.05, 0.1) is 4.91 Å². The molecule has 2 aromatic rings. The number of amides is 1. The van der Waals surface area contributed by atoms with Gasteiger partial charge in [-0.05, 0) is 58.9 Å². The normalized spacial score (nSPS) is 18.7. The Labute approximate surface area is 140 Å². The number of pyridine rings is 1. The van der Waals surface area contributed by atoms with E-state index in [0.717, 1.165) is 5.69 Å². The molecule has 0 N–H and O–H groups in total. The van der Waals surface area contributed by atoms with E-state index in [2.05, 4.69) is 25.9 Å². The SMILES string of the molecule is Cc1cccc(/N=C2/S/C(=C/c3ccc(Br)o3)C(=O)N2C)n1. The van der Waals surface area contributed by atoms with Crippen LogP contribution in [0.2, 0.25) is 0 Å². The van der Waals surface area contributed by atoms with E-state index in [1.165, 1.54) is 16.7 Å². The molecule has 1 saturated heterocycles. The number of furan rings is 1. The monoisotopic (exact) mass is 377 g/mol. The Morgan fingerprint density at radius 3 is 2.86 bits per heavy atom. The first-order valence-electron chi connectivity index (χ1n) is 6.48. The fraction of sp³-hybridized carbons (Fsp3) is 0.133. The van der Waals surface area contributed by atoms with Crippen LogP contribution in [0.3, 0.4) is 0 Å². The minimum absolute atomic E-state index is 0.107. The van der Waals surface area contributed by atoms with E-state index in [1.807, 2.05) is 25.1 Å². The molecular weight excluding hydrogens is 366 g/mol. The number of aromatic nitrogens is 1. The zero-order chi connectivity index (χ0) is 15.7. The van der Waals surface area contributed by atoms with Crippen molar-refractivity contribution >= 4 is 50.7 Å². The van der Waals surface area contributed by atoms with Crippen molar-refractivity contribution in [3.63, 3.8) is 0 Å². The second-order valence-electron chi connectivity index (χ2n) is 4.65. The number of thioether (sulfide) groups is 1. The molecule has 0 saturated carbocycles. The minimum atomic E-state index is -0.107. The molecular formula is C15H12BrN3O2S. The van der Waals surface area contributed by atoms with Crippen LogP contribution in [0, 0.1) is 6.92 Å². The number of hydrogen-bond acceptors (Lipinski definition) is 5. The maximum Gasteiger partial charge on any atom is 0.266 e. The van der Waals surface area contributed by atoms with Crippen LogP contribution >= 0.6 is 27.7 Å². The predicted octanol–water partition coefficient (Wildman–Crippen LogP) is 3.98. The Kier molecular flexibility index (Phi) is 4.17. The summed E-state index contributed by atoms with van der Waals surface area (Å²) < 4.78 is 6.03. The van der Waals surface area contributed by atoms with Gasteiger partial charge < -0.3 is 4.42 Å². The van der Waals surface area contributed by atoms with Gasteiger partial charge in [-0.15, -0.1) is 0 Å². The number of rotatable bonds is 2. The molecule has 0 atom stereocenters. The number of halogens is 1. The zero-order valence-corrected chi connectivity index (χ0v) is 14.3. The average Bonchev–Trinajstić information content (AvgIpc) is 2.99. The van der Waals surface area contributed by atoms with E-state index in [-0.39, 0.29) is 5.91 Å². The molecule has 5 nitrogen and oxygen atoms in total. The molecule has 0 aliphatic carbocycles. The van der Waals surface area contributed by atoms with Crippen LogP contribution in [0.4, 0.5) is 5.82 Å². The Hall–Kier alpha value is -1.86. The molecule has 3 rings (SSSR count). The average molecular weight is 378 g/mol. The van der Waals surface area contributed by atoms with Gasteiger partial charge in [-0.25, -0.2) is 9.98 Å². The van der Waals surface area contributed by atoms with Crippen molar-refractivity contribution in [3.8, 4) is 0 Å². The fourth-order valence-corrected chi connectivity index (χ4v) is 3.15. The van der Waals surface area contributed by atoms with Gasteiger partial charge in [0, 0.05) is 18.8 Å². The summed E-state index contributed by atoms with van der Waals surface area (Å²) in [6.45, 7) is 1.90. The van der Waals surface area contributed by atoms with E-state index in [4.69, 9.17) is 4.42 Å². The standard InChI is InChI=1S/C15H12BrN3O2S/c1-9-4-3-5-13(17-9)18-15-19(2)14(20)11(22-15)8-10-6-7-12(16)21-10/h3-8H,1-2H3/b11-8+,18-15+. The van der Waals surface area contributed by atoms with Crippen LogP contribution in [0.15, 0.2) is 49.3 Å². The first kappa shape index (κ1) is 15.1. The Bertz CT molecular complexity index is 798. The van der Waals surface area contributed by atoms with Crippen molar-refractivity contribution in [1.29, 1.82) is 0 Å². The molecule has 0 radical (unpaired) electrons. The number of amidine groups is 1. The zero-order valence-electron chi connectivity index (χ0n) is 11.9. The summed E-state index contributed by atoms with van der Waals surface area (Å²) in [5.41, 5.74) is 0.884. The second kappa shape index (κ2) is 6.10. The Morgan fingerprint density at radius 2 is 2.18 bits per heavy atom. The van der Waals surface area contributed by atoms with Gasteiger partial charge in [0.25, 0.3) is 5.91 Å². The van der Waals surface area contributed by atoms with Crippen LogP contribution in [-0.4, -0.2) is 28.0 Å². The summed E-state index contributed by atoms with van der Waals surface area (Å²) in [4.78, 5) is 23.1. The van der Waals surface area contributed by atoms with Gasteiger partial charge >= 0.3 is 0 Å². The van der Waals surface area contributed by atoms with Crippen LogP contribution in [0.25, 0.3) is 6.08 Å². The van der Waals surface area contributed by atoms with Crippen LogP contribution in [0.5, 0.6) is 0 Å². The Morgan fingerprint density at radius 1 is 1.36 bits per heavy atom. The molecule has 2 aromatic heterocycles. The molecule has 112 valence electrons. The summed E-state index contributed by atoms with van der Waals surface area (Å²) in [7, 11) is 1.70. The molecule has 1 aliphatic heterocycles. The first-order valence-corrected chi connectivity index (χ1v) is 8.09. The third-order valence-corrected chi connectivity index (χ3v) is 4.44. The summed E-state index contributed by atoms with van der Waals surface area (Å²) in [6.07, 6.45) is 1.71. The van der Waals surface area contributed by atoms with Crippen molar-refractivity contribution < 1.29 is 9.21 Å². The van der Waals surface area contributed by atoms with Crippen molar-refractivity contribution in [2.24, 2.45) is 4.99 Å². The maximum atomic E-state index is 12.3. The maximum absolute atomic E-state index is 12.3. The highest BCUT2D eigenvalue weighted by Gasteiger charge is 2.30. The highest BCUT2D eigenvalue weighted by Crippen LogP contribution is 2.33. The predicted molar refractivity (Wildman–Crippen MR) is 90.8 cm³/mol. The van der Waals surface area contributed by atoms with Crippen molar-refractivity contribution in [2.75, 3.05) is 7.05 Å². The molecule has 0 bridgehead atoms. The topological polar surface area (TPSA) is 58.7 Å². The van der Waals surface area contributed by atoms with Gasteiger partial charge in [-0.3, -0.25) is 9.69 Å². The largest absolute Gasteiger partial charge is 0.450 e. The Balaban J connectivity index is 1.90. The van der Waals surface area contributed by atoms with Crippen LogP contribution < -0.4 is 0 Å². The highest BCUT2D eigenvalue weighted by atomic mass is 79.9. The summed E-state index contributed by atoms with van der Waals surface area (Å²) in [5, 5.41) is 0.597. The van der Waals surface area contributed by atoms with Gasteiger partial charge in [-0.2, -0.15) is 0 Å². The number of likely N-dealkylation sites (N-methyl/N-ethyl adjacent to an activating group) is 1. The third kappa shape index (κ3) is 3.15. The number of aryl methyl sites for hydroxylation is 1. The lowest BCUT2D eigenvalue weighted by Crippen LogP contribution is -2.23. The molecule has 1 aliphatic rings. The van der Waals surface area contributed by atoms with E-state index in [1.54, 1.807) is 25.3 Å². The third-order valence-electron chi connectivity index (χ3n) is 2.95. The molecule has 0 aromatic carbocycles. The first-order chi connectivity index (χ1) is 10.5. The number of aliphatic imine (C=N–C) groups is 1. The molecule has 0 spiro atoms. The van der Waals surface area contributed by atoms with E-state index >= 15 is 0 Å². The molecule has 7 heteroatoms. The van der Waals surface area contributed by atoms with E-state index in [0.29, 0.717) is 26.3 Å². The molecule has 1 amide bonds. The lowest BCUT2D eigenvalue weighted by atomic mass is 10.3. The van der Waals surface area contributed by atoms with Crippen molar-refractivity contribution in [1.82, 2.24) is 9.88 Å². The summed E-state index contributed by atoms with van der Waals surface area (Å²) in [5.74, 6) is 1.10. The second-order valence-corrected chi connectivity index (χ2v) is 6.44. The number of carbonyl (C=O) groups is 1. The molecule has 3 heterocycles. The van der Waals surface area contributed by atoms with Gasteiger partial charge in [0.1, 0.15) is 5.76 Å². The van der Waals surface area contributed by atoms with Gasteiger partial charge in [0.15, 0.2) is 15.7 Å². The number of hydrogen-bond donors (Lipinski definition) is 0. The fourth-order valence-electron chi connectivity index (χ4n) is 1.88. The lowest BCUT2D eigenvalue weighted by Gasteiger charge is -2.06. The van der Waals surface area contributed by atoms with Crippen molar-refractivity contribution in [3.05, 3.63) is 51.4 Å². The minimum Gasteiger partial charge on any atom is -0.450 e. The van der Waals surface area contributed by atoms with E-state index in [9.17, 15) is 4.79 Å². The summed E-state index contributed by atoms with van der Waals surface area (Å²) >= 11 is 4.55. The molecule has 22 heavy (non-hydrogen) atoms. The highest BCUT2D eigenvalue weighted by molar-refractivity contribution is 9.10. The molecule has 1 fully saturated rings. The lowest BCUT2D eigenvalue weighted by molar-refractivity contribution is -0.121. The van der Waals surface area contributed by atoms with Crippen molar-refractivity contribution in [2.45, 2.75) is 6.92 Å². The van der Waals surface area contributed by atoms with Crippen LogP contribution in [0.1, 0.15) is 11.5 Å².